The first kappa shape index (κ1) is 15.4. The molecule has 0 aromatic heterocycles. The second-order valence-corrected chi connectivity index (χ2v) is 5.79. The lowest BCUT2D eigenvalue weighted by atomic mass is 10.1. The Morgan fingerprint density at radius 1 is 1.15 bits per heavy atom. The van der Waals surface area contributed by atoms with Crippen LogP contribution in [0.25, 0.3) is 0 Å². The van der Waals surface area contributed by atoms with Gasteiger partial charge in [0.15, 0.2) is 11.6 Å². The lowest BCUT2D eigenvalue weighted by Gasteiger charge is -2.15. The molecule has 2 aromatic carbocycles. The monoisotopic (exact) mass is 359 g/mol. The van der Waals surface area contributed by atoms with Crippen LogP contribution >= 0.6 is 27.5 Å². The molecule has 2 rings (SSSR count). The van der Waals surface area contributed by atoms with E-state index < -0.39 is 11.6 Å². The van der Waals surface area contributed by atoms with Crippen molar-refractivity contribution in [2.24, 2.45) is 0 Å². The molecule has 1 atom stereocenters. The molecule has 0 spiro atoms. The maximum absolute atomic E-state index is 13.2. The van der Waals surface area contributed by atoms with E-state index >= 15 is 0 Å². The molecular weight excluding hydrogens is 348 g/mol. The maximum atomic E-state index is 13.2. The van der Waals surface area contributed by atoms with E-state index in [0.29, 0.717) is 17.1 Å². The SMILES string of the molecule is CC(NCc1ccc(Br)c(Cl)c1)c1ccc(F)c(F)c1. The molecule has 1 N–H and O–H groups in total. The van der Waals surface area contributed by atoms with Crippen LogP contribution in [0.5, 0.6) is 0 Å². The first-order valence-corrected chi connectivity index (χ1v) is 7.26. The third kappa shape index (κ3) is 3.78. The topological polar surface area (TPSA) is 12.0 Å². The fourth-order valence-electron chi connectivity index (χ4n) is 1.82. The van der Waals surface area contributed by atoms with Gasteiger partial charge in [-0.25, -0.2) is 8.78 Å². The van der Waals surface area contributed by atoms with Crippen LogP contribution in [0, 0.1) is 11.6 Å². The van der Waals surface area contributed by atoms with Crippen molar-refractivity contribution in [1.82, 2.24) is 5.32 Å². The Morgan fingerprint density at radius 2 is 1.90 bits per heavy atom. The highest BCUT2D eigenvalue weighted by Crippen LogP contribution is 2.23. The minimum Gasteiger partial charge on any atom is -0.306 e. The van der Waals surface area contributed by atoms with Crippen molar-refractivity contribution in [3.05, 3.63) is 68.7 Å². The van der Waals surface area contributed by atoms with Crippen molar-refractivity contribution in [1.29, 1.82) is 0 Å². The molecule has 0 aliphatic carbocycles. The Morgan fingerprint density at radius 3 is 2.55 bits per heavy atom. The molecule has 0 saturated heterocycles. The highest BCUT2D eigenvalue weighted by Gasteiger charge is 2.09. The molecule has 0 aliphatic rings. The Balaban J connectivity index is 2.02. The van der Waals surface area contributed by atoms with E-state index in [-0.39, 0.29) is 6.04 Å². The Hall–Kier alpha value is -0.970. The highest BCUT2D eigenvalue weighted by atomic mass is 79.9. The number of benzene rings is 2. The van der Waals surface area contributed by atoms with E-state index in [1.165, 1.54) is 6.07 Å². The molecule has 20 heavy (non-hydrogen) atoms. The van der Waals surface area contributed by atoms with Crippen molar-refractivity contribution in [2.75, 3.05) is 0 Å². The Labute approximate surface area is 130 Å². The zero-order valence-electron chi connectivity index (χ0n) is 10.8. The largest absolute Gasteiger partial charge is 0.306 e. The van der Waals surface area contributed by atoms with Crippen LogP contribution in [-0.2, 0) is 6.54 Å². The van der Waals surface area contributed by atoms with E-state index in [1.807, 2.05) is 25.1 Å². The van der Waals surface area contributed by atoms with Gasteiger partial charge in [-0.05, 0) is 58.2 Å². The third-order valence-electron chi connectivity index (χ3n) is 3.04. The van der Waals surface area contributed by atoms with Crippen molar-refractivity contribution in [3.8, 4) is 0 Å². The van der Waals surface area contributed by atoms with Gasteiger partial charge >= 0.3 is 0 Å². The van der Waals surface area contributed by atoms with Crippen molar-refractivity contribution < 1.29 is 8.78 Å². The van der Waals surface area contributed by atoms with E-state index in [4.69, 9.17) is 11.6 Å². The molecule has 1 unspecified atom stereocenters. The van der Waals surface area contributed by atoms with Crippen molar-refractivity contribution >= 4 is 27.5 Å². The Bertz CT molecular complexity index is 619. The summed E-state index contributed by atoms with van der Waals surface area (Å²) in [7, 11) is 0. The van der Waals surface area contributed by atoms with Crippen molar-refractivity contribution in [3.63, 3.8) is 0 Å². The fraction of sp³-hybridized carbons (Fsp3) is 0.200. The molecule has 106 valence electrons. The molecular formula is C15H13BrClF2N. The molecule has 0 fully saturated rings. The summed E-state index contributed by atoms with van der Waals surface area (Å²) < 4.78 is 26.9. The van der Waals surface area contributed by atoms with Gasteiger partial charge in [-0.1, -0.05) is 23.7 Å². The van der Waals surface area contributed by atoms with E-state index in [9.17, 15) is 8.78 Å². The lowest BCUT2D eigenvalue weighted by Crippen LogP contribution is -2.18. The summed E-state index contributed by atoms with van der Waals surface area (Å²) in [6.07, 6.45) is 0. The highest BCUT2D eigenvalue weighted by molar-refractivity contribution is 9.10. The van der Waals surface area contributed by atoms with Crippen molar-refractivity contribution in [2.45, 2.75) is 19.5 Å². The van der Waals surface area contributed by atoms with Crippen LogP contribution in [0.4, 0.5) is 8.78 Å². The predicted octanol–water partition coefficient (Wildman–Crippen LogP) is 5.23. The molecule has 0 bridgehead atoms. The van der Waals surface area contributed by atoms with Crippen LogP contribution in [0.2, 0.25) is 5.02 Å². The van der Waals surface area contributed by atoms with Gasteiger partial charge in [0.1, 0.15) is 0 Å². The first-order valence-electron chi connectivity index (χ1n) is 6.09. The molecule has 0 radical (unpaired) electrons. The quantitative estimate of drug-likeness (QED) is 0.787. The number of hydrogen-bond acceptors (Lipinski definition) is 1. The molecule has 2 aromatic rings. The minimum absolute atomic E-state index is 0.0903. The van der Waals surface area contributed by atoms with Gasteiger partial charge in [0.2, 0.25) is 0 Å². The second-order valence-electron chi connectivity index (χ2n) is 4.52. The zero-order chi connectivity index (χ0) is 14.7. The number of hydrogen-bond donors (Lipinski definition) is 1. The molecule has 0 saturated carbocycles. The average Bonchev–Trinajstić information content (AvgIpc) is 2.43. The third-order valence-corrected chi connectivity index (χ3v) is 4.27. The molecule has 1 nitrogen and oxygen atoms in total. The summed E-state index contributed by atoms with van der Waals surface area (Å²) in [5, 5.41) is 3.89. The molecule has 0 heterocycles. The van der Waals surface area contributed by atoms with Crippen LogP contribution in [0.1, 0.15) is 24.1 Å². The maximum Gasteiger partial charge on any atom is 0.159 e. The number of halogens is 4. The second kappa shape index (κ2) is 6.66. The smallest absolute Gasteiger partial charge is 0.159 e. The van der Waals surface area contributed by atoms with Crippen LogP contribution in [0.3, 0.4) is 0 Å². The van der Waals surface area contributed by atoms with Gasteiger partial charge in [-0.2, -0.15) is 0 Å². The van der Waals surface area contributed by atoms with E-state index in [0.717, 1.165) is 16.1 Å². The summed E-state index contributed by atoms with van der Waals surface area (Å²) in [6.45, 7) is 2.49. The summed E-state index contributed by atoms with van der Waals surface area (Å²) in [5.74, 6) is -1.66. The van der Waals surface area contributed by atoms with E-state index in [1.54, 1.807) is 6.07 Å². The summed E-state index contributed by atoms with van der Waals surface area (Å²) in [5.41, 5.74) is 1.72. The van der Waals surface area contributed by atoms with Crippen LogP contribution in [0.15, 0.2) is 40.9 Å². The Kier molecular flexibility index (Phi) is 5.13. The molecule has 0 aliphatic heterocycles. The molecule has 0 amide bonds. The van der Waals surface area contributed by atoms with Gasteiger partial charge in [0.25, 0.3) is 0 Å². The zero-order valence-corrected chi connectivity index (χ0v) is 13.1. The standard InChI is InChI=1S/C15H13BrClF2N/c1-9(11-3-5-14(18)15(19)7-11)20-8-10-2-4-12(16)13(17)6-10/h2-7,9,20H,8H2,1H3. The average molecular weight is 361 g/mol. The molecule has 5 heteroatoms. The first-order chi connectivity index (χ1) is 9.47. The van der Waals surface area contributed by atoms with E-state index in [2.05, 4.69) is 21.2 Å². The van der Waals surface area contributed by atoms with Crippen LogP contribution < -0.4 is 5.32 Å². The number of nitrogens with one attached hydrogen (secondary N) is 1. The fourth-order valence-corrected chi connectivity index (χ4v) is 2.27. The van der Waals surface area contributed by atoms with Gasteiger partial charge in [0.05, 0.1) is 5.02 Å². The lowest BCUT2D eigenvalue weighted by molar-refractivity contribution is 0.500. The summed E-state index contributed by atoms with van der Waals surface area (Å²) in [6, 6.07) is 9.51. The minimum atomic E-state index is -0.833. The van der Waals surface area contributed by atoms with Gasteiger partial charge in [-0.3, -0.25) is 0 Å². The van der Waals surface area contributed by atoms with Gasteiger partial charge in [0, 0.05) is 17.1 Å². The normalized spacial score (nSPS) is 12.4. The summed E-state index contributed by atoms with van der Waals surface area (Å²) in [4.78, 5) is 0. The van der Waals surface area contributed by atoms with Gasteiger partial charge < -0.3 is 5.32 Å². The number of rotatable bonds is 4. The van der Waals surface area contributed by atoms with Gasteiger partial charge in [-0.15, -0.1) is 0 Å². The van der Waals surface area contributed by atoms with Crippen LogP contribution in [-0.4, -0.2) is 0 Å². The predicted molar refractivity (Wildman–Crippen MR) is 80.8 cm³/mol. The summed E-state index contributed by atoms with van der Waals surface area (Å²) >= 11 is 9.35.